The number of hydrogen-bond acceptors (Lipinski definition) is 4. The molecule has 1 rings (SSSR count). The summed E-state index contributed by atoms with van der Waals surface area (Å²) in [6.07, 6.45) is 0.401. The highest BCUT2D eigenvalue weighted by atomic mass is 79.9. The quantitative estimate of drug-likeness (QED) is 0.737. The molecular weight excluding hydrogens is 342 g/mol. The summed E-state index contributed by atoms with van der Waals surface area (Å²) in [5.74, 6) is 0.278. The molecule has 0 aromatic carbocycles. The van der Waals surface area contributed by atoms with Gasteiger partial charge < -0.3 is 0 Å². The number of halogens is 1. The molecule has 1 aliphatic heterocycles. The summed E-state index contributed by atoms with van der Waals surface area (Å²) in [6, 6.07) is 0. The van der Waals surface area contributed by atoms with Crippen LogP contribution in [-0.4, -0.2) is 45.0 Å². The zero-order valence-corrected chi connectivity index (χ0v) is 13.8. The second-order valence-electron chi connectivity index (χ2n) is 5.00. The van der Waals surface area contributed by atoms with Gasteiger partial charge in [-0.1, -0.05) is 29.8 Å². The Hall–Kier alpha value is 0.340. The van der Waals surface area contributed by atoms with Crippen molar-refractivity contribution in [3.05, 3.63) is 0 Å². The Balaban J connectivity index is 2.55. The van der Waals surface area contributed by atoms with E-state index < -0.39 is 25.1 Å². The molecule has 0 saturated carbocycles. The summed E-state index contributed by atoms with van der Waals surface area (Å²) in [5.41, 5.74) is 0. The molecule has 1 heterocycles. The summed E-state index contributed by atoms with van der Waals surface area (Å²) in [5, 5.41) is -0.576. The van der Waals surface area contributed by atoms with E-state index in [1.807, 2.05) is 13.8 Å². The number of sulfonamides is 1. The van der Waals surface area contributed by atoms with Crippen LogP contribution in [0.2, 0.25) is 0 Å². The fraction of sp³-hybridized carbons (Fsp3) is 1.00. The van der Waals surface area contributed by atoms with E-state index in [1.54, 1.807) is 0 Å². The van der Waals surface area contributed by atoms with Crippen molar-refractivity contribution in [3.63, 3.8) is 0 Å². The van der Waals surface area contributed by atoms with E-state index in [4.69, 9.17) is 0 Å². The maximum absolute atomic E-state index is 12.0. The third kappa shape index (κ3) is 4.79. The van der Waals surface area contributed by atoms with E-state index in [9.17, 15) is 16.8 Å². The first kappa shape index (κ1) is 16.4. The molecule has 1 saturated heterocycles. The number of rotatable bonds is 5. The summed E-state index contributed by atoms with van der Waals surface area (Å²) >= 11 is 3.41. The van der Waals surface area contributed by atoms with Crippen LogP contribution in [0.4, 0.5) is 0 Å². The van der Waals surface area contributed by atoms with Crippen LogP contribution >= 0.6 is 15.9 Å². The molecule has 1 unspecified atom stereocenters. The van der Waals surface area contributed by atoms with Crippen LogP contribution in [0.25, 0.3) is 0 Å². The minimum Gasteiger partial charge on any atom is -0.229 e. The second-order valence-corrected chi connectivity index (χ2v) is 10.5. The normalized spacial score (nSPS) is 23.1. The maximum atomic E-state index is 12.0. The van der Waals surface area contributed by atoms with Crippen molar-refractivity contribution in [3.8, 4) is 0 Å². The Morgan fingerprint density at radius 2 is 1.78 bits per heavy atom. The van der Waals surface area contributed by atoms with Crippen molar-refractivity contribution in [2.24, 2.45) is 5.92 Å². The second kappa shape index (κ2) is 6.19. The van der Waals surface area contributed by atoms with E-state index in [1.165, 1.54) is 0 Å². The molecule has 0 radical (unpaired) electrons. The molecule has 0 spiro atoms. The van der Waals surface area contributed by atoms with Gasteiger partial charge in [0, 0.05) is 11.4 Å². The largest absolute Gasteiger partial charge is 0.229 e. The molecule has 1 N–H and O–H groups in total. The van der Waals surface area contributed by atoms with Gasteiger partial charge in [0.2, 0.25) is 10.0 Å². The SMILES string of the molecule is CC(C)C(Br)CNS(=O)(=O)C1CCS(=O)(=O)CC1. The van der Waals surface area contributed by atoms with Crippen LogP contribution in [0.15, 0.2) is 0 Å². The van der Waals surface area contributed by atoms with Crippen molar-refractivity contribution in [2.45, 2.75) is 36.8 Å². The molecule has 18 heavy (non-hydrogen) atoms. The molecule has 0 bridgehead atoms. The van der Waals surface area contributed by atoms with Gasteiger partial charge in [-0.2, -0.15) is 0 Å². The maximum Gasteiger partial charge on any atom is 0.214 e. The van der Waals surface area contributed by atoms with Crippen LogP contribution in [0.5, 0.6) is 0 Å². The molecule has 1 atom stereocenters. The Kier molecular flexibility index (Phi) is 5.64. The molecule has 108 valence electrons. The first-order chi connectivity index (χ1) is 8.14. The highest BCUT2D eigenvalue weighted by Crippen LogP contribution is 2.19. The molecule has 0 amide bonds. The summed E-state index contributed by atoms with van der Waals surface area (Å²) < 4.78 is 49.1. The Morgan fingerprint density at radius 1 is 1.28 bits per heavy atom. The van der Waals surface area contributed by atoms with Crippen molar-refractivity contribution >= 4 is 35.8 Å². The van der Waals surface area contributed by atoms with Gasteiger partial charge in [-0.25, -0.2) is 21.6 Å². The van der Waals surface area contributed by atoms with Crippen molar-refractivity contribution in [1.29, 1.82) is 0 Å². The monoisotopic (exact) mass is 361 g/mol. The molecular formula is C10H20BrNO4S2. The summed E-state index contributed by atoms with van der Waals surface area (Å²) in [4.78, 5) is 0.0830. The van der Waals surface area contributed by atoms with Gasteiger partial charge in [0.25, 0.3) is 0 Å². The topological polar surface area (TPSA) is 80.3 Å². The predicted molar refractivity (Wildman–Crippen MR) is 76.2 cm³/mol. The van der Waals surface area contributed by atoms with Crippen LogP contribution in [0.1, 0.15) is 26.7 Å². The smallest absolute Gasteiger partial charge is 0.214 e. The zero-order chi connectivity index (χ0) is 14.0. The van der Waals surface area contributed by atoms with Crippen molar-refractivity contribution in [2.75, 3.05) is 18.1 Å². The highest BCUT2D eigenvalue weighted by molar-refractivity contribution is 9.09. The lowest BCUT2D eigenvalue weighted by Crippen LogP contribution is -2.42. The standard InChI is InChI=1S/C10H20BrNO4S2/c1-8(2)10(11)7-12-18(15,16)9-3-5-17(13,14)6-4-9/h8-10,12H,3-7H2,1-2H3. The number of alkyl halides is 1. The Morgan fingerprint density at radius 3 is 2.22 bits per heavy atom. The van der Waals surface area contributed by atoms with Gasteiger partial charge in [-0.05, 0) is 18.8 Å². The fourth-order valence-corrected chi connectivity index (χ4v) is 5.40. The third-order valence-corrected chi connectivity index (χ3v) is 8.16. The predicted octanol–water partition coefficient (Wildman–Crippen LogP) is 0.903. The lowest BCUT2D eigenvalue weighted by atomic mass is 10.1. The van der Waals surface area contributed by atoms with Crippen LogP contribution in [0, 0.1) is 5.92 Å². The van der Waals surface area contributed by atoms with Gasteiger partial charge in [0.05, 0.1) is 16.8 Å². The van der Waals surface area contributed by atoms with E-state index in [0.29, 0.717) is 12.5 Å². The first-order valence-electron chi connectivity index (χ1n) is 5.97. The molecule has 8 heteroatoms. The fourth-order valence-electron chi connectivity index (χ4n) is 1.73. The van der Waals surface area contributed by atoms with E-state index in [0.717, 1.165) is 0 Å². The van der Waals surface area contributed by atoms with Crippen molar-refractivity contribution < 1.29 is 16.8 Å². The van der Waals surface area contributed by atoms with Gasteiger partial charge in [-0.15, -0.1) is 0 Å². The molecule has 0 aromatic rings. The Bertz CT molecular complexity index is 458. The molecule has 5 nitrogen and oxygen atoms in total. The third-order valence-electron chi connectivity index (χ3n) is 3.14. The molecule has 0 aliphatic carbocycles. The minimum absolute atomic E-state index is 0.0273. The van der Waals surface area contributed by atoms with E-state index >= 15 is 0 Å². The van der Waals surface area contributed by atoms with E-state index in [2.05, 4.69) is 20.7 Å². The number of nitrogens with one attached hydrogen (secondary N) is 1. The van der Waals surface area contributed by atoms with Gasteiger partial charge in [-0.3, -0.25) is 0 Å². The zero-order valence-electron chi connectivity index (χ0n) is 10.6. The highest BCUT2D eigenvalue weighted by Gasteiger charge is 2.32. The molecule has 0 aromatic heterocycles. The number of hydrogen-bond donors (Lipinski definition) is 1. The lowest BCUT2D eigenvalue weighted by Gasteiger charge is -2.23. The minimum atomic E-state index is -3.41. The van der Waals surface area contributed by atoms with Crippen LogP contribution < -0.4 is 4.72 Å². The molecule has 1 fully saturated rings. The molecule has 1 aliphatic rings. The van der Waals surface area contributed by atoms with Gasteiger partial charge in [0.15, 0.2) is 0 Å². The van der Waals surface area contributed by atoms with E-state index in [-0.39, 0.29) is 29.2 Å². The average molecular weight is 362 g/mol. The number of sulfone groups is 1. The lowest BCUT2D eigenvalue weighted by molar-refractivity contribution is 0.534. The van der Waals surface area contributed by atoms with Gasteiger partial charge in [0.1, 0.15) is 9.84 Å². The van der Waals surface area contributed by atoms with Crippen molar-refractivity contribution in [1.82, 2.24) is 4.72 Å². The van der Waals surface area contributed by atoms with Gasteiger partial charge >= 0.3 is 0 Å². The average Bonchev–Trinajstić information content (AvgIpc) is 2.25. The van der Waals surface area contributed by atoms with Crippen LogP contribution in [-0.2, 0) is 19.9 Å². The summed E-state index contributed by atoms with van der Waals surface area (Å²) in [7, 11) is -6.43. The van der Waals surface area contributed by atoms with Crippen LogP contribution in [0.3, 0.4) is 0 Å². The summed E-state index contributed by atoms with van der Waals surface area (Å²) in [6.45, 7) is 4.34. The first-order valence-corrected chi connectivity index (χ1v) is 10.3. The Labute approximate surface area is 118 Å².